The first-order valence-corrected chi connectivity index (χ1v) is 8.30. The van der Waals surface area contributed by atoms with Crippen LogP contribution >= 0.6 is 11.3 Å². The molecule has 0 fully saturated rings. The second-order valence-electron chi connectivity index (χ2n) is 5.17. The summed E-state index contributed by atoms with van der Waals surface area (Å²) in [5.74, 6) is -0.161. The number of thiophene rings is 1. The van der Waals surface area contributed by atoms with Gasteiger partial charge >= 0.3 is 5.97 Å². The van der Waals surface area contributed by atoms with Gasteiger partial charge in [-0.05, 0) is 25.5 Å². The Kier molecular flexibility index (Phi) is 4.57. The van der Waals surface area contributed by atoms with Gasteiger partial charge in [0, 0.05) is 11.4 Å². The Morgan fingerprint density at radius 2 is 2.20 bits per heavy atom. The number of anilines is 2. The number of nitro groups is 1. The molecule has 0 aliphatic heterocycles. The van der Waals surface area contributed by atoms with Crippen molar-refractivity contribution in [2.45, 2.75) is 13.8 Å². The quantitative estimate of drug-likeness (QED) is 0.419. The number of carbonyl (C=O) groups is 1. The van der Waals surface area contributed by atoms with E-state index in [2.05, 4.69) is 15.3 Å². The lowest BCUT2D eigenvalue weighted by Crippen LogP contribution is -2.05. The number of esters is 1. The maximum atomic E-state index is 12.1. The normalized spacial score (nSPS) is 10.6. The number of hydrogen-bond acceptors (Lipinski definition) is 8. The summed E-state index contributed by atoms with van der Waals surface area (Å²) < 4.78 is 5.05. The Labute approximate surface area is 146 Å². The molecule has 128 valence electrons. The number of nitro benzene ring substituents is 1. The van der Waals surface area contributed by atoms with Gasteiger partial charge in [0.1, 0.15) is 22.7 Å². The van der Waals surface area contributed by atoms with E-state index in [0.29, 0.717) is 21.6 Å². The van der Waals surface area contributed by atoms with Gasteiger partial charge in [0.15, 0.2) is 0 Å². The Hall–Kier alpha value is -3.07. The highest BCUT2D eigenvalue weighted by atomic mass is 32.1. The molecular formula is C16H14N4O4S. The number of aromatic nitrogens is 2. The van der Waals surface area contributed by atoms with Crippen LogP contribution in [0.2, 0.25) is 0 Å². The van der Waals surface area contributed by atoms with Gasteiger partial charge in [0.25, 0.3) is 5.69 Å². The minimum absolute atomic E-state index is 0.0697. The molecular weight excluding hydrogens is 344 g/mol. The molecule has 0 spiro atoms. The summed E-state index contributed by atoms with van der Waals surface area (Å²) in [6.07, 6.45) is 1.34. The molecule has 0 saturated heterocycles. The molecule has 0 aliphatic rings. The standard InChI is InChI=1S/C16H14N4O4S/c1-3-24-16(21)10-7-25-15-13(10)14(17-8-18-15)19-11-5-4-9(2)6-12(11)20(22)23/h4-8H,3H2,1-2H3,(H,17,18,19). The van der Waals surface area contributed by atoms with E-state index in [1.54, 1.807) is 31.4 Å². The summed E-state index contributed by atoms with van der Waals surface area (Å²) in [6.45, 7) is 3.74. The summed E-state index contributed by atoms with van der Waals surface area (Å²) in [7, 11) is 0. The number of benzene rings is 1. The molecule has 8 nitrogen and oxygen atoms in total. The number of ether oxygens (including phenoxy) is 1. The van der Waals surface area contributed by atoms with E-state index >= 15 is 0 Å². The number of nitrogens with one attached hydrogen (secondary N) is 1. The van der Waals surface area contributed by atoms with Crippen LogP contribution in [0.4, 0.5) is 17.2 Å². The number of nitrogens with zero attached hydrogens (tertiary/aromatic N) is 3. The first-order valence-electron chi connectivity index (χ1n) is 7.42. The first kappa shape index (κ1) is 16.8. The fraction of sp³-hybridized carbons (Fsp3) is 0.188. The average Bonchev–Trinajstić information content (AvgIpc) is 3.01. The van der Waals surface area contributed by atoms with Gasteiger partial charge in [-0.1, -0.05) is 6.07 Å². The second-order valence-corrected chi connectivity index (χ2v) is 6.03. The Balaban J connectivity index is 2.10. The van der Waals surface area contributed by atoms with Gasteiger partial charge in [0.05, 0.1) is 22.5 Å². The largest absolute Gasteiger partial charge is 0.462 e. The smallest absolute Gasteiger partial charge is 0.339 e. The summed E-state index contributed by atoms with van der Waals surface area (Å²) in [5.41, 5.74) is 1.32. The SMILES string of the molecule is CCOC(=O)c1csc2ncnc(Nc3ccc(C)cc3[N+](=O)[O-])c12. The number of aryl methyl sites for hydroxylation is 1. The van der Waals surface area contributed by atoms with Crippen LogP contribution in [0.5, 0.6) is 0 Å². The van der Waals surface area contributed by atoms with Crippen LogP contribution in [-0.2, 0) is 4.74 Å². The molecule has 0 aliphatic carbocycles. The number of carbonyl (C=O) groups excluding carboxylic acids is 1. The molecule has 3 rings (SSSR count). The minimum atomic E-state index is -0.481. The Bertz CT molecular complexity index is 970. The lowest BCUT2D eigenvalue weighted by Gasteiger charge is -2.09. The van der Waals surface area contributed by atoms with Crippen LogP contribution in [-0.4, -0.2) is 27.5 Å². The molecule has 2 heterocycles. The van der Waals surface area contributed by atoms with Gasteiger partial charge in [-0.25, -0.2) is 14.8 Å². The van der Waals surface area contributed by atoms with Gasteiger partial charge in [-0.15, -0.1) is 11.3 Å². The molecule has 0 amide bonds. The second kappa shape index (κ2) is 6.81. The van der Waals surface area contributed by atoms with E-state index in [9.17, 15) is 14.9 Å². The third-order valence-electron chi connectivity index (χ3n) is 3.47. The first-order chi connectivity index (χ1) is 12.0. The van der Waals surface area contributed by atoms with Gasteiger partial charge < -0.3 is 10.1 Å². The van der Waals surface area contributed by atoms with Crippen molar-refractivity contribution in [3.8, 4) is 0 Å². The van der Waals surface area contributed by atoms with Crippen LogP contribution in [0.25, 0.3) is 10.2 Å². The molecule has 0 bridgehead atoms. The van der Waals surface area contributed by atoms with Crippen LogP contribution in [0.3, 0.4) is 0 Å². The minimum Gasteiger partial charge on any atom is -0.462 e. The van der Waals surface area contributed by atoms with Gasteiger partial charge in [-0.2, -0.15) is 0 Å². The number of rotatable bonds is 5. The summed E-state index contributed by atoms with van der Waals surface area (Å²) in [4.78, 5) is 31.9. The molecule has 9 heteroatoms. The lowest BCUT2D eigenvalue weighted by molar-refractivity contribution is -0.384. The number of hydrogen-bond donors (Lipinski definition) is 1. The van der Waals surface area contributed by atoms with Crippen molar-refractivity contribution in [3.05, 3.63) is 51.1 Å². The maximum Gasteiger partial charge on any atom is 0.339 e. The van der Waals surface area contributed by atoms with Crippen LogP contribution in [0.1, 0.15) is 22.8 Å². The third kappa shape index (κ3) is 3.26. The third-order valence-corrected chi connectivity index (χ3v) is 4.35. The topological polar surface area (TPSA) is 107 Å². The zero-order valence-electron chi connectivity index (χ0n) is 13.5. The molecule has 0 atom stereocenters. The highest BCUT2D eigenvalue weighted by molar-refractivity contribution is 7.17. The van der Waals surface area contributed by atoms with E-state index in [0.717, 1.165) is 5.56 Å². The van der Waals surface area contributed by atoms with Crippen molar-refractivity contribution in [3.63, 3.8) is 0 Å². The van der Waals surface area contributed by atoms with E-state index in [4.69, 9.17) is 4.74 Å². The van der Waals surface area contributed by atoms with Crippen LogP contribution in [0, 0.1) is 17.0 Å². The average molecular weight is 358 g/mol. The molecule has 1 N–H and O–H groups in total. The Morgan fingerprint density at radius 1 is 1.40 bits per heavy atom. The summed E-state index contributed by atoms with van der Waals surface area (Å²) in [6, 6.07) is 4.84. The molecule has 2 aromatic heterocycles. The zero-order valence-corrected chi connectivity index (χ0v) is 14.3. The fourth-order valence-corrected chi connectivity index (χ4v) is 3.23. The van der Waals surface area contributed by atoms with Crippen molar-refractivity contribution in [1.82, 2.24) is 9.97 Å². The van der Waals surface area contributed by atoms with E-state index < -0.39 is 10.9 Å². The molecule has 0 saturated carbocycles. The van der Waals surface area contributed by atoms with Gasteiger partial charge in [-0.3, -0.25) is 10.1 Å². The van der Waals surface area contributed by atoms with Crippen molar-refractivity contribution in [1.29, 1.82) is 0 Å². The van der Waals surface area contributed by atoms with Gasteiger partial charge in [0.2, 0.25) is 0 Å². The maximum absolute atomic E-state index is 12.1. The zero-order chi connectivity index (χ0) is 18.0. The monoisotopic (exact) mass is 358 g/mol. The van der Waals surface area contributed by atoms with E-state index in [1.165, 1.54) is 23.7 Å². The van der Waals surface area contributed by atoms with Crippen LogP contribution < -0.4 is 5.32 Å². The lowest BCUT2D eigenvalue weighted by atomic mass is 10.2. The Morgan fingerprint density at radius 3 is 2.92 bits per heavy atom. The molecule has 1 aromatic carbocycles. The fourth-order valence-electron chi connectivity index (χ4n) is 2.35. The molecule has 25 heavy (non-hydrogen) atoms. The predicted octanol–water partition coefficient (Wildman–Crippen LogP) is 3.83. The van der Waals surface area contributed by atoms with Crippen LogP contribution in [0.15, 0.2) is 29.9 Å². The molecule has 0 radical (unpaired) electrons. The summed E-state index contributed by atoms with van der Waals surface area (Å²) >= 11 is 1.28. The predicted molar refractivity (Wildman–Crippen MR) is 94.5 cm³/mol. The van der Waals surface area contributed by atoms with Crippen molar-refractivity contribution in [2.24, 2.45) is 0 Å². The van der Waals surface area contributed by atoms with Crippen molar-refractivity contribution < 1.29 is 14.5 Å². The van der Waals surface area contributed by atoms with Crippen molar-refractivity contribution >= 4 is 44.7 Å². The number of fused-ring (bicyclic) bond motifs is 1. The van der Waals surface area contributed by atoms with E-state index in [1.807, 2.05) is 0 Å². The highest BCUT2D eigenvalue weighted by Gasteiger charge is 2.20. The molecule has 0 unspecified atom stereocenters. The van der Waals surface area contributed by atoms with E-state index in [-0.39, 0.29) is 18.0 Å². The molecule has 3 aromatic rings. The van der Waals surface area contributed by atoms with Crippen molar-refractivity contribution in [2.75, 3.05) is 11.9 Å². The highest BCUT2D eigenvalue weighted by Crippen LogP contribution is 2.34. The summed E-state index contributed by atoms with van der Waals surface area (Å²) in [5, 5.41) is 16.4.